The minimum Gasteiger partial charge on any atom is -0.388 e. The summed E-state index contributed by atoms with van der Waals surface area (Å²) in [5, 5.41) is 14.3. The average Bonchev–Trinajstić information content (AvgIpc) is 2.84. The van der Waals surface area contributed by atoms with Crippen molar-refractivity contribution >= 4 is 15.9 Å². The summed E-state index contributed by atoms with van der Waals surface area (Å²) in [7, 11) is 0. The lowest BCUT2D eigenvalue weighted by Crippen LogP contribution is -2.51. The molecule has 1 heterocycles. The summed E-state index contributed by atoms with van der Waals surface area (Å²) >= 11 is 3.51. The van der Waals surface area contributed by atoms with Crippen LogP contribution in [0.2, 0.25) is 0 Å². The van der Waals surface area contributed by atoms with Crippen molar-refractivity contribution < 1.29 is 5.11 Å². The van der Waals surface area contributed by atoms with E-state index in [9.17, 15) is 5.11 Å². The molecule has 2 nitrogen and oxygen atoms in total. The highest BCUT2D eigenvalue weighted by molar-refractivity contribution is 9.10. The molecule has 2 aliphatic rings. The molecule has 92 valence electrons. The quantitative estimate of drug-likeness (QED) is 0.834. The van der Waals surface area contributed by atoms with Crippen LogP contribution >= 0.6 is 15.9 Å². The molecule has 0 aromatic heterocycles. The van der Waals surface area contributed by atoms with Crippen LogP contribution in [0, 0.1) is 0 Å². The van der Waals surface area contributed by atoms with Gasteiger partial charge in [0.1, 0.15) is 0 Å². The van der Waals surface area contributed by atoms with Gasteiger partial charge >= 0.3 is 0 Å². The Balaban J connectivity index is 1.86. The standard InChI is InChI=1S/C14H18BrNO/c15-12-4-3-11-9-14(17,6-5-10(11)8-12)13-2-1-7-16-13/h3-4,8,13,16-17H,1-2,5-7,9H2. The molecule has 0 radical (unpaired) electrons. The van der Waals surface area contributed by atoms with Gasteiger partial charge in [-0.2, -0.15) is 0 Å². The molecule has 17 heavy (non-hydrogen) atoms. The van der Waals surface area contributed by atoms with Gasteiger partial charge in [0.2, 0.25) is 0 Å². The van der Waals surface area contributed by atoms with Crippen molar-refractivity contribution in [2.45, 2.75) is 43.7 Å². The van der Waals surface area contributed by atoms with E-state index in [-0.39, 0.29) is 0 Å². The van der Waals surface area contributed by atoms with Crippen LogP contribution in [0.5, 0.6) is 0 Å². The minimum atomic E-state index is -0.530. The van der Waals surface area contributed by atoms with E-state index in [1.165, 1.54) is 17.5 Å². The molecule has 1 aliphatic carbocycles. The average molecular weight is 296 g/mol. The first-order valence-corrected chi connectivity index (χ1v) is 7.20. The van der Waals surface area contributed by atoms with E-state index < -0.39 is 5.60 Å². The zero-order valence-corrected chi connectivity index (χ0v) is 11.5. The first-order chi connectivity index (χ1) is 8.17. The molecule has 1 fully saturated rings. The molecule has 1 aliphatic heterocycles. The number of benzene rings is 1. The van der Waals surface area contributed by atoms with Gasteiger partial charge in [-0.25, -0.2) is 0 Å². The number of hydrogen-bond acceptors (Lipinski definition) is 2. The van der Waals surface area contributed by atoms with Crippen molar-refractivity contribution in [2.24, 2.45) is 0 Å². The monoisotopic (exact) mass is 295 g/mol. The van der Waals surface area contributed by atoms with Gasteiger partial charge in [-0.05, 0) is 55.5 Å². The second kappa shape index (κ2) is 4.38. The molecular weight excluding hydrogens is 278 g/mol. The summed E-state index contributed by atoms with van der Waals surface area (Å²) < 4.78 is 1.14. The lowest BCUT2D eigenvalue weighted by atomic mass is 9.76. The van der Waals surface area contributed by atoms with Crippen molar-refractivity contribution in [3.63, 3.8) is 0 Å². The molecule has 0 spiro atoms. The molecule has 0 saturated carbocycles. The topological polar surface area (TPSA) is 32.3 Å². The van der Waals surface area contributed by atoms with Crippen LogP contribution < -0.4 is 5.32 Å². The summed E-state index contributed by atoms with van der Waals surface area (Å²) in [5.74, 6) is 0. The van der Waals surface area contributed by atoms with Crippen LogP contribution in [0.25, 0.3) is 0 Å². The molecule has 2 unspecified atom stereocenters. The van der Waals surface area contributed by atoms with E-state index in [1.807, 2.05) is 0 Å². The number of fused-ring (bicyclic) bond motifs is 1. The maximum Gasteiger partial charge on any atom is 0.0843 e. The van der Waals surface area contributed by atoms with Crippen molar-refractivity contribution in [1.82, 2.24) is 5.32 Å². The van der Waals surface area contributed by atoms with Crippen LogP contribution in [-0.2, 0) is 12.8 Å². The summed E-state index contributed by atoms with van der Waals surface area (Å²) in [6.07, 6.45) is 4.98. The van der Waals surface area contributed by atoms with E-state index in [0.29, 0.717) is 6.04 Å². The van der Waals surface area contributed by atoms with E-state index in [1.54, 1.807) is 0 Å². The molecular formula is C14H18BrNO. The Kier molecular flexibility index (Phi) is 3.01. The second-order valence-corrected chi connectivity index (χ2v) is 6.26. The third kappa shape index (κ3) is 2.16. The Hall–Kier alpha value is -0.380. The van der Waals surface area contributed by atoms with Gasteiger partial charge in [0.15, 0.2) is 0 Å². The van der Waals surface area contributed by atoms with Crippen LogP contribution in [0.4, 0.5) is 0 Å². The molecule has 2 atom stereocenters. The number of aryl methyl sites for hydroxylation is 1. The van der Waals surface area contributed by atoms with Crippen LogP contribution in [0.1, 0.15) is 30.4 Å². The zero-order valence-electron chi connectivity index (χ0n) is 9.88. The number of aliphatic hydroxyl groups is 1. The molecule has 1 aromatic rings. The third-order valence-electron chi connectivity index (χ3n) is 4.20. The molecule has 0 amide bonds. The van der Waals surface area contributed by atoms with E-state index in [2.05, 4.69) is 39.4 Å². The van der Waals surface area contributed by atoms with Gasteiger partial charge in [-0.1, -0.05) is 22.0 Å². The zero-order chi connectivity index (χ0) is 11.9. The third-order valence-corrected chi connectivity index (χ3v) is 4.69. The Labute approximate surface area is 111 Å². The van der Waals surface area contributed by atoms with Crippen LogP contribution in [0.15, 0.2) is 22.7 Å². The SMILES string of the molecule is OC1(C2CCCN2)CCc2cc(Br)ccc2C1. The lowest BCUT2D eigenvalue weighted by Gasteiger charge is -2.38. The first kappa shape index (κ1) is 11.7. The van der Waals surface area contributed by atoms with Crippen LogP contribution in [-0.4, -0.2) is 23.3 Å². The predicted molar refractivity (Wildman–Crippen MR) is 72.1 cm³/mol. The fraction of sp³-hybridized carbons (Fsp3) is 0.571. The highest BCUT2D eigenvalue weighted by Crippen LogP contribution is 2.35. The van der Waals surface area contributed by atoms with Gasteiger partial charge in [0.25, 0.3) is 0 Å². The van der Waals surface area contributed by atoms with Crippen molar-refractivity contribution in [1.29, 1.82) is 0 Å². The van der Waals surface area contributed by atoms with Crippen molar-refractivity contribution in [3.8, 4) is 0 Å². The first-order valence-electron chi connectivity index (χ1n) is 6.40. The van der Waals surface area contributed by atoms with Gasteiger partial charge in [0, 0.05) is 16.9 Å². The fourth-order valence-electron chi connectivity index (χ4n) is 3.21. The second-order valence-electron chi connectivity index (χ2n) is 5.34. The Morgan fingerprint density at radius 2 is 2.24 bits per heavy atom. The Morgan fingerprint density at radius 1 is 1.35 bits per heavy atom. The highest BCUT2D eigenvalue weighted by atomic mass is 79.9. The van der Waals surface area contributed by atoms with Gasteiger partial charge < -0.3 is 10.4 Å². The highest BCUT2D eigenvalue weighted by Gasteiger charge is 2.40. The summed E-state index contributed by atoms with van der Waals surface area (Å²) in [6.45, 7) is 1.06. The van der Waals surface area contributed by atoms with Crippen LogP contribution in [0.3, 0.4) is 0 Å². The number of nitrogens with one attached hydrogen (secondary N) is 1. The van der Waals surface area contributed by atoms with Gasteiger partial charge in [0.05, 0.1) is 5.60 Å². The van der Waals surface area contributed by atoms with E-state index >= 15 is 0 Å². The summed E-state index contributed by atoms with van der Waals surface area (Å²) in [5.41, 5.74) is 2.18. The smallest absolute Gasteiger partial charge is 0.0843 e. The van der Waals surface area contributed by atoms with E-state index in [0.717, 1.165) is 36.7 Å². The molecule has 0 bridgehead atoms. The lowest BCUT2D eigenvalue weighted by molar-refractivity contribution is -0.00512. The number of halogens is 1. The predicted octanol–water partition coefficient (Wildman–Crippen LogP) is 2.42. The largest absolute Gasteiger partial charge is 0.388 e. The molecule has 3 rings (SSSR count). The molecule has 2 N–H and O–H groups in total. The van der Waals surface area contributed by atoms with Gasteiger partial charge in [-0.15, -0.1) is 0 Å². The van der Waals surface area contributed by atoms with Crippen molar-refractivity contribution in [2.75, 3.05) is 6.54 Å². The Morgan fingerprint density at radius 3 is 3.00 bits per heavy atom. The number of rotatable bonds is 1. The fourth-order valence-corrected chi connectivity index (χ4v) is 3.62. The summed E-state index contributed by atoms with van der Waals surface area (Å²) in [6, 6.07) is 6.71. The molecule has 1 aromatic carbocycles. The summed E-state index contributed by atoms with van der Waals surface area (Å²) in [4.78, 5) is 0. The van der Waals surface area contributed by atoms with Gasteiger partial charge in [-0.3, -0.25) is 0 Å². The maximum absolute atomic E-state index is 10.8. The molecule has 3 heteroatoms. The normalized spacial score (nSPS) is 32.5. The number of hydrogen-bond donors (Lipinski definition) is 2. The molecule has 1 saturated heterocycles. The van der Waals surface area contributed by atoms with Crippen molar-refractivity contribution in [3.05, 3.63) is 33.8 Å². The maximum atomic E-state index is 10.8. The van der Waals surface area contributed by atoms with E-state index in [4.69, 9.17) is 0 Å². The Bertz CT molecular complexity index is 428. The minimum absolute atomic E-state index is 0.291.